The number of aryl methyl sites for hydroxylation is 1. The summed E-state index contributed by atoms with van der Waals surface area (Å²) in [6, 6.07) is 4.35. The van der Waals surface area contributed by atoms with Crippen molar-refractivity contribution in [1.82, 2.24) is 24.1 Å². The number of halogens is 5. The van der Waals surface area contributed by atoms with Crippen LogP contribution in [0.4, 0.5) is 33.5 Å². The smallest absolute Gasteiger partial charge is 0.382 e. The second-order valence-corrected chi connectivity index (χ2v) is 8.40. The van der Waals surface area contributed by atoms with Crippen molar-refractivity contribution >= 4 is 34.0 Å². The van der Waals surface area contributed by atoms with Crippen molar-refractivity contribution in [3.63, 3.8) is 0 Å². The third kappa shape index (κ3) is 4.11. The molecule has 0 aliphatic rings. The van der Waals surface area contributed by atoms with E-state index in [2.05, 4.69) is 15.1 Å². The Labute approximate surface area is 205 Å². The highest BCUT2D eigenvalue weighted by Gasteiger charge is 2.32. The molecule has 0 aliphatic carbocycles. The average Bonchev–Trinajstić information content (AvgIpc) is 3.45. The molecule has 190 valence electrons. The normalized spacial score (nSPS) is 12.0. The van der Waals surface area contributed by atoms with Crippen LogP contribution in [0, 0.1) is 18.6 Å². The van der Waals surface area contributed by atoms with Gasteiger partial charge in [-0.1, -0.05) is 6.07 Å². The SMILES string of the molecule is Cc1c(N(Cc2ccc(C(F)(F)F)cc2F)C(=O)c2cc3c(cc2F)nc(N)c2cncn23)cnn1C. The number of nitrogens with two attached hydrogens (primary N) is 1. The molecule has 8 nitrogen and oxygen atoms in total. The lowest BCUT2D eigenvalue weighted by atomic mass is 10.1. The van der Waals surface area contributed by atoms with Gasteiger partial charge in [0.1, 0.15) is 23.0 Å². The Hall–Kier alpha value is -4.55. The van der Waals surface area contributed by atoms with Crippen molar-refractivity contribution < 1.29 is 26.7 Å². The van der Waals surface area contributed by atoms with Crippen molar-refractivity contribution in [3.8, 4) is 0 Å². The Bertz CT molecular complexity index is 1690. The van der Waals surface area contributed by atoms with Crippen LogP contribution in [0.5, 0.6) is 0 Å². The molecule has 0 bridgehead atoms. The maximum atomic E-state index is 15.2. The van der Waals surface area contributed by atoms with Crippen molar-refractivity contribution in [2.75, 3.05) is 10.6 Å². The summed E-state index contributed by atoms with van der Waals surface area (Å²) in [7, 11) is 1.61. The Morgan fingerprint density at radius 1 is 1.08 bits per heavy atom. The number of aromatic nitrogens is 5. The van der Waals surface area contributed by atoms with E-state index >= 15 is 4.39 Å². The number of alkyl halides is 3. The number of fused-ring (bicyclic) bond motifs is 3. The second-order valence-electron chi connectivity index (χ2n) is 8.40. The van der Waals surface area contributed by atoms with Crippen molar-refractivity contribution in [3.05, 3.63) is 83.1 Å². The minimum absolute atomic E-state index is 0.119. The fourth-order valence-electron chi connectivity index (χ4n) is 4.05. The molecule has 0 atom stereocenters. The highest BCUT2D eigenvalue weighted by Crippen LogP contribution is 2.32. The van der Waals surface area contributed by atoms with Crippen LogP contribution >= 0.6 is 0 Å². The number of carbonyl (C=O) groups excluding carboxylic acids is 1. The molecule has 0 aliphatic heterocycles. The predicted octanol–water partition coefficient (Wildman–Crippen LogP) is 4.65. The van der Waals surface area contributed by atoms with E-state index < -0.39 is 35.8 Å². The standard InChI is InChI=1S/C24H18F5N7O/c1-12-20(9-32-34(12)2)35(10-13-3-4-14(5-16(13)25)24(27,28)29)23(37)15-6-19-18(7-17(15)26)33-22(30)21-8-31-11-36(19)21/h3-9,11H,10H2,1-2H3,(H2,30,33). The zero-order chi connectivity index (χ0) is 26.6. The van der Waals surface area contributed by atoms with E-state index in [4.69, 9.17) is 5.73 Å². The van der Waals surface area contributed by atoms with Gasteiger partial charge in [-0.3, -0.25) is 13.9 Å². The van der Waals surface area contributed by atoms with Crippen LogP contribution in [0.1, 0.15) is 27.2 Å². The molecule has 1 amide bonds. The van der Waals surface area contributed by atoms with Gasteiger partial charge in [-0.05, 0) is 25.1 Å². The van der Waals surface area contributed by atoms with Gasteiger partial charge in [0.2, 0.25) is 0 Å². The lowest BCUT2D eigenvalue weighted by Crippen LogP contribution is -2.32. The van der Waals surface area contributed by atoms with Crippen LogP contribution in [0.15, 0.2) is 49.1 Å². The molecule has 0 radical (unpaired) electrons. The van der Waals surface area contributed by atoms with Crippen LogP contribution in [0.25, 0.3) is 16.6 Å². The number of anilines is 2. The molecule has 0 fully saturated rings. The third-order valence-electron chi connectivity index (χ3n) is 6.15. The summed E-state index contributed by atoms with van der Waals surface area (Å²) < 4.78 is 72.0. The quantitative estimate of drug-likeness (QED) is 0.352. The van der Waals surface area contributed by atoms with Crippen molar-refractivity contribution in [2.45, 2.75) is 19.6 Å². The number of imidazole rings is 1. The number of carbonyl (C=O) groups is 1. The first-order valence-electron chi connectivity index (χ1n) is 10.8. The number of nitrogens with zero attached hydrogens (tertiary/aromatic N) is 6. The van der Waals surface area contributed by atoms with Crippen LogP contribution in [0.3, 0.4) is 0 Å². The largest absolute Gasteiger partial charge is 0.416 e. The van der Waals surface area contributed by atoms with Gasteiger partial charge < -0.3 is 10.6 Å². The molecule has 5 aromatic rings. The molecule has 3 aromatic heterocycles. The van der Waals surface area contributed by atoms with Crippen LogP contribution in [0.2, 0.25) is 0 Å². The van der Waals surface area contributed by atoms with E-state index in [1.54, 1.807) is 18.4 Å². The molecule has 37 heavy (non-hydrogen) atoms. The first-order chi connectivity index (χ1) is 17.5. The fraction of sp³-hybridized carbons (Fsp3) is 0.167. The molecule has 0 spiro atoms. The van der Waals surface area contributed by atoms with E-state index in [0.717, 1.165) is 23.1 Å². The van der Waals surface area contributed by atoms with Gasteiger partial charge in [-0.25, -0.2) is 18.7 Å². The fourth-order valence-corrected chi connectivity index (χ4v) is 4.05. The highest BCUT2D eigenvalue weighted by atomic mass is 19.4. The summed E-state index contributed by atoms with van der Waals surface area (Å²) in [4.78, 5) is 23.0. The monoisotopic (exact) mass is 515 g/mol. The maximum Gasteiger partial charge on any atom is 0.416 e. The Morgan fingerprint density at radius 2 is 1.84 bits per heavy atom. The number of nitrogen functional groups attached to an aromatic ring is 1. The zero-order valence-corrected chi connectivity index (χ0v) is 19.4. The highest BCUT2D eigenvalue weighted by molar-refractivity contribution is 6.08. The van der Waals surface area contributed by atoms with Gasteiger partial charge in [-0.15, -0.1) is 0 Å². The lowest BCUT2D eigenvalue weighted by Gasteiger charge is -2.23. The second kappa shape index (κ2) is 8.54. The van der Waals surface area contributed by atoms with Gasteiger partial charge in [-0.2, -0.15) is 18.3 Å². The van der Waals surface area contributed by atoms with Gasteiger partial charge in [0.05, 0.1) is 58.8 Å². The first kappa shape index (κ1) is 24.2. The number of amides is 1. The van der Waals surface area contributed by atoms with E-state index in [0.29, 0.717) is 22.8 Å². The van der Waals surface area contributed by atoms with Gasteiger partial charge in [0.25, 0.3) is 5.91 Å². The van der Waals surface area contributed by atoms with E-state index in [-0.39, 0.29) is 28.1 Å². The Morgan fingerprint density at radius 3 is 2.49 bits per heavy atom. The van der Waals surface area contributed by atoms with Crippen LogP contribution < -0.4 is 10.6 Å². The summed E-state index contributed by atoms with van der Waals surface area (Å²) in [6.07, 6.45) is -0.503. The minimum atomic E-state index is -4.74. The first-order valence-corrected chi connectivity index (χ1v) is 10.8. The van der Waals surface area contributed by atoms with Gasteiger partial charge in [0, 0.05) is 18.7 Å². The van der Waals surface area contributed by atoms with Gasteiger partial charge in [0.15, 0.2) is 0 Å². The average molecular weight is 515 g/mol. The predicted molar refractivity (Wildman–Crippen MR) is 125 cm³/mol. The third-order valence-corrected chi connectivity index (χ3v) is 6.15. The summed E-state index contributed by atoms with van der Waals surface area (Å²) in [6.45, 7) is 1.16. The number of benzene rings is 2. The van der Waals surface area contributed by atoms with E-state index in [1.807, 2.05) is 0 Å². The molecule has 3 heterocycles. The molecule has 2 aromatic carbocycles. The summed E-state index contributed by atoms with van der Waals surface area (Å²) >= 11 is 0. The summed E-state index contributed by atoms with van der Waals surface area (Å²) in [5, 5.41) is 4.09. The molecule has 0 saturated carbocycles. The molecular weight excluding hydrogens is 497 g/mol. The molecular formula is C24H18F5N7O. The van der Waals surface area contributed by atoms with Crippen LogP contribution in [-0.4, -0.2) is 30.1 Å². The van der Waals surface area contributed by atoms with Crippen molar-refractivity contribution in [2.24, 2.45) is 7.05 Å². The molecule has 0 saturated heterocycles. The van der Waals surface area contributed by atoms with E-state index in [9.17, 15) is 22.4 Å². The number of hydrogen-bond acceptors (Lipinski definition) is 5. The number of hydrogen-bond donors (Lipinski definition) is 1. The van der Waals surface area contributed by atoms with Crippen LogP contribution in [-0.2, 0) is 19.8 Å². The van der Waals surface area contributed by atoms with Crippen molar-refractivity contribution in [1.29, 1.82) is 0 Å². The Kier molecular flexibility index (Phi) is 5.57. The van der Waals surface area contributed by atoms with E-state index in [1.165, 1.54) is 29.5 Å². The summed E-state index contributed by atoms with van der Waals surface area (Å²) in [5.41, 5.74) is 5.87. The molecule has 2 N–H and O–H groups in total. The molecule has 5 rings (SSSR count). The molecule has 13 heteroatoms. The maximum absolute atomic E-state index is 15.2. The topological polar surface area (TPSA) is 94.3 Å². The zero-order valence-electron chi connectivity index (χ0n) is 19.4. The van der Waals surface area contributed by atoms with Gasteiger partial charge >= 0.3 is 6.18 Å². The Balaban J connectivity index is 1.63. The molecule has 0 unspecified atom stereocenters. The number of rotatable bonds is 4. The minimum Gasteiger partial charge on any atom is -0.382 e. The lowest BCUT2D eigenvalue weighted by molar-refractivity contribution is -0.137. The summed E-state index contributed by atoms with van der Waals surface area (Å²) in [5.74, 6) is -2.81.